The Hall–Kier alpha value is -0.850. The maximum Gasteiger partial charge on any atom is 0.123 e. The predicted octanol–water partition coefficient (Wildman–Crippen LogP) is 3.12. The van der Waals surface area contributed by atoms with Crippen LogP contribution in [0.25, 0.3) is 0 Å². The Morgan fingerprint density at radius 3 is 2.36 bits per heavy atom. The summed E-state index contributed by atoms with van der Waals surface area (Å²) in [7, 11) is 0. The van der Waals surface area contributed by atoms with Gasteiger partial charge in [0.1, 0.15) is 5.82 Å². The first-order valence-electron chi connectivity index (χ1n) is 4.18. The molecule has 60 valence electrons. The summed E-state index contributed by atoms with van der Waals surface area (Å²) in [6.07, 6.45) is 0. The summed E-state index contributed by atoms with van der Waals surface area (Å²) in [5.41, 5.74) is 0.800. The van der Waals surface area contributed by atoms with E-state index in [1.165, 1.54) is 12.1 Å². The summed E-state index contributed by atoms with van der Waals surface area (Å²) >= 11 is 0. The van der Waals surface area contributed by atoms with Gasteiger partial charge in [0.2, 0.25) is 0 Å². The second-order valence-corrected chi connectivity index (χ2v) is 3.67. The Morgan fingerprint density at radius 2 is 1.91 bits per heavy atom. The van der Waals surface area contributed by atoms with E-state index >= 15 is 0 Å². The molecule has 0 bridgehead atoms. The van der Waals surface area contributed by atoms with Gasteiger partial charge < -0.3 is 0 Å². The molecule has 0 aliphatic heterocycles. The molecule has 0 aliphatic rings. The zero-order valence-corrected chi connectivity index (χ0v) is 7.11. The number of halogens is 1. The largest absolute Gasteiger partial charge is 0.207 e. The lowest BCUT2D eigenvalue weighted by molar-refractivity contribution is 0.583. The first-order valence-corrected chi connectivity index (χ1v) is 3.68. The lowest BCUT2D eigenvalue weighted by Crippen LogP contribution is -2.10. The Labute approximate surface area is 68.5 Å². The molecule has 0 unspecified atom stereocenters. The molecule has 0 saturated heterocycles. The smallest absolute Gasteiger partial charge is 0.123 e. The molecule has 1 rings (SSSR count). The van der Waals surface area contributed by atoms with Gasteiger partial charge in [-0.2, -0.15) is 0 Å². The minimum Gasteiger partial charge on any atom is -0.207 e. The Balaban J connectivity index is 3.19. The summed E-state index contributed by atoms with van der Waals surface area (Å²) in [6, 6.07) is 4.61. The predicted molar refractivity (Wildman–Crippen MR) is 45.1 cm³/mol. The van der Waals surface area contributed by atoms with Crippen LogP contribution in [0.2, 0.25) is 0 Å². The van der Waals surface area contributed by atoms with Gasteiger partial charge in [-0.05, 0) is 23.1 Å². The highest BCUT2D eigenvalue weighted by Gasteiger charge is 2.12. The zero-order valence-electron chi connectivity index (χ0n) is 8.11. The van der Waals surface area contributed by atoms with Crippen LogP contribution in [0.15, 0.2) is 24.2 Å². The number of hydrogen-bond acceptors (Lipinski definition) is 0. The second kappa shape index (κ2) is 2.65. The molecule has 0 radical (unpaired) electrons. The van der Waals surface area contributed by atoms with Crippen LogP contribution in [-0.4, -0.2) is 0 Å². The van der Waals surface area contributed by atoms with Crippen LogP contribution >= 0.6 is 0 Å². The normalized spacial score (nSPS) is 12.9. The highest BCUT2D eigenvalue weighted by molar-refractivity contribution is 5.22. The van der Waals surface area contributed by atoms with Gasteiger partial charge in [0.15, 0.2) is 0 Å². The molecule has 0 atom stereocenters. The van der Waals surface area contributed by atoms with Gasteiger partial charge in [-0.3, -0.25) is 0 Å². The summed E-state index contributed by atoms with van der Waals surface area (Å²) in [5.74, 6) is -0.340. The molecule has 0 saturated carbocycles. The minimum absolute atomic E-state index is 0.0786. The molecule has 0 fully saturated rings. The lowest BCUT2D eigenvalue weighted by atomic mass is 9.87. The number of benzene rings is 1. The van der Waals surface area contributed by atoms with Crippen LogP contribution in [0.3, 0.4) is 0 Å². The van der Waals surface area contributed by atoms with Crippen molar-refractivity contribution in [2.45, 2.75) is 26.2 Å². The van der Waals surface area contributed by atoms with Gasteiger partial charge in [-0.1, -0.05) is 32.9 Å². The van der Waals surface area contributed by atoms with Gasteiger partial charge >= 0.3 is 0 Å². The summed E-state index contributed by atoms with van der Waals surface area (Å²) < 4.78 is 20.1. The molecule has 0 aliphatic carbocycles. The van der Waals surface area contributed by atoms with Crippen LogP contribution < -0.4 is 0 Å². The molecule has 1 aromatic carbocycles. The first-order chi connectivity index (χ1) is 5.41. The van der Waals surface area contributed by atoms with Gasteiger partial charge in [0.05, 0.1) is 1.37 Å². The van der Waals surface area contributed by atoms with E-state index in [2.05, 4.69) is 0 Å². The summed E-state index contributed by atoms with van der Waals surface area (Å²) in [6.45, 7) is 6.04. The fourth-order valence-corrected chi connectivity index (χ4v) is 0.872. The monoisotopic (exact) mass is 153 g/mol. The van der Waals surface area contributed by atoms with Crippen molar-refractivity contribution in [2.24, 2.45) is 0 Å². The van der Waals surface area contributed by atoms with Crippen molar-refractivity contribution in [1.82, 2.24) is 0 Å². The molecule has 0 amide bonds. The van der Waals surface area contributed by atoms with E-state index in [-0.39, 0.29) is 17.3 Å². The Morgan fingerprint density at radius 1 is 1.27 bits per heavy atom. The van der Waals surface area contributed by atoms with Gasteiger partial charge in [-0.25, -0.2) is 4.39 Å². The third-order valence-corrected chi connectivity index (χ3v) is 1.58. The quantitative estimate of drug-likeness (QED) is 0.537. The highest BCUT2D eigenvalue weighted by atomic mass is 19.1. The van der Waals surface area contributed by atoms with Crippen LogP contribution in [0.5, 0.6) is 0 Å². The van der Waals surface area contributed by atoms with Crippen molar-refractivity contribution >= 4 is 0 Å². The highest BCUT2D eigenvalue weighted by Crippen LogP contribution is 2.21. The van der Waals surface area contributed by atoms with Crippen LogP contribution in [0.4, 0.5) is 4.39 Å². The third-order valence-electron chi connectivity index (χ3n) is 1.58. The summed E-state index contributed by atoms with van der Waals surface area (Å²) in [5, 5.41) is 0. The van der Waals surface area contributed by atoms with E-state index in [0.29, 0.717) is 0 Å². The third kappa shape index (κ3) is 2.04. The SMILES string of the molecule is [2H]c1cc(F)ccc1C(C)(C)C. The van der Waals surface area contributed by atoms with E-state index in [0.717, 1.165) is 5.56 Å². The van der Waals surface area contributed by atoms with E-state index in [1.54, 1.807) is 6.07 Å². The van der Waals surface area contributed by atoms with Crippen molar-refractivity contribution in [3.05, 3.63) is 35.6 Å². The van der Waals surface area contributed by atoms with Crippen molar-refractivity contribution in [2.75, 3.05) is 0 Å². The van der Waals surface area contributed by atoms with E-state index in [9.17, 15) is 4.39 Å². The molecule has 0 N–H and O–H groups in total. The molecule has 11 heavy (non-hydrogen) atoms. The van der Waals surface area contributed by atoms with Crippen LogP contribution in [-0.2, 0) is 5.41 Å². The fourth-order valence-electron chi connectivity index (χ4n) is 0.872. The number of rotatable bonds is 0. The van der Waals surface area contributed by atoms with E-state index in [4.69, 9.17) is 1.37 Å². The average molecular weight is 153 g/mol. The Kier molecular flexibility index (Phi) is 1.65. The molecule has 1 aromatic rings. The van der Waals surface area contributed by atoms with E-state index < -0.39 is 0 Å². The lowest BCUT2D eigenvalue weighted by Gasteiger charge is -2.18. The molecule has 1 heteroatoms. The molecule has 0 spiro atoms. The standard InChI is InChI=1S/C10H13F/c1-10(2,3)8-4-6-9(11)7-5-8/h4-7H,1-3H3/i4D. The van der Waals surface area contributed by atoms with Crippen molar-refractivity contribution in [3.63, 3.8) is 0 Å². The van der Waals surface area contributed by atoms with E-state index in [1.807, 2.05) is 20.8 Å². The molecular weight excluding hydrogens is 139 g/mol. The van der Waals surface area contributed by atoms with Gasteiger partial charge in [0.25, 0.3) is 0 Å². The number of hydrogen-bond donors (Lipinski definition) is 0. The van der Waals surface area contributed by atoms with Crippen LogP contribution in [0, 0.1) is 5.82 Å². The fraction of sp³-hybridized carbons (Fsp3) is 0.400. The van der Waals surface area contributed by atoms with Crippen LogP contribution in [0.1, 0.15) is 27.7 Å². The first kappa shape index (κ1) is 6.84. The average Bonchev–Trinajstić information content (AvgIpc) is 1.83. The Bertz CT molecular complexity index is 286. The van der Waals surface area contributed by atoms with Crippen molar-refractivity contribution < 1.29 is 5.76 Å². The van der Waals surface area contributed by atoms with Crippen molar-refractivity contribution in [3.8, 4) is 0 Å². The maximum atomic E-state index is 12.6. The minimum atomic E-state index is -0.340. The second-order valence-electron chi connectivity index (χ2n) is 3.67. The summed E-state index contributed by atoms with van der Waals surface area (Å²) in [4.78, 5) is 0. The zero-order chi connectivity index (χ0) is 9.35. The molecular formula is C10H13F. The van der Waals surface area contributed by atoms with Gasteiger partial charge in [0, 0.05) is 0 Å². The van der Waals surface area contributed by atoms with Crippen molar-refractivity contribution in [1.29, 1.82) is 0 Å². The topological polar surface area (TPSA) is 0 Å². The molecule has 0 aromatic heterocycles. The van der Waals surface area contributed by atoms with Gasteiger partial charge in [-0.15, -0.1) is 0 Å². The molecule has 0 nitrogen and oxygen atoms in total. The maximum absolute atomic E-state index is 12.6. The molecule has 0 heterocycles.